The van der Waals surface area contributed by atoms with Crippen molar-refractivity contribution >= 4 is 43.6 Å². The fraction of sp³-hybridized carbons (Fsp3) is 0.0600. The Morgan fingerprint density at radius 1 is 0.426 bits per heavy atom. The molecular weight excluding hydrogens is 659 g/mol. The van der Waals surface area contributed by atoms with E-state index in [0.29, 0.717) is 5.82 Å². The average molecular weight is 692 g/mol. The van der Waals surface area contributed by atoms with Gasteiger partial charge in [0.1, 0.15) is 11.1 Å². The van der Waals surface area contributed by atoms with Crippen LogP contribution in [0.4, 0.5) is 0 Å². The van der Waals surface area contributed by atoms with Crippen LogP contribution >= 0.6 is 0 Å². The molecule has 0 spiro atoms. The molecule has 0 saturated heterocycles. The van der Waals surface area contributed by atoms with E-state index in [1.54, 1.807) is 0 Å². The van der Waals surface area contributed by atoms with Gasteiger partial charge in [-0.3, -0.25) is 0 Å². The Hall–Kier alpha value is -6.91. The second-order valence-corrected chi connectivity index (χ2v) is 14.7. The molecule has 4 nitrogen and oxygen atoms in total. The van der Waals surface area contributed by atoms with E-state index < -0.39 is 0 Å². The molecule has 0 aliphatic heterocycles. The largest absolute Gasteiger partial charge is 0.454 e. The number of hydrogen-bond acceptors (Lipinski definition) is 4. The lowest BCUT2D eigenvalue weighted by Crippen LogP contribution is -2.14. The summed E-state index contributed by atoms with van der Waals surface area (Å²) in [5, 5.41) is 5.33. The first kappa shape index (κ1) is 30.7. The quantitative estimate of drug-likeness (QED) is 0.184. The first-order valence-corrected chi connectivity index (χ1v) is 18.4. The molecular formula is C50H33N3O. The number of pyridine rings is 1. The van der Waals surface area contributed by atoms with Gasteiger partial charge < -0.3 is 4.42 Å². The van der Waals surface area contributed by atoms with E-state index in [1.165, 1.54) is 22.3 Å². The number of benzene rings is 7. The van der Waals surface area contributed by atoms with Gasteiger partial charge in [0.05, 0.1) is 17.1 Å². The van der Waals surface area contributed by atoms with E-state index in [1.807, 2.05) is 36.4 Å². The van der Waals surface area contributed by atoms with Gasteiger partial charge in [-0.25, -0.2) is 15.0 Å². The molecule has 1 aliphatic rings. The van der Waals surface area contributed by atoms with Crippen molar-refractivity contribution < 1.29 is 4.42 Å². The third kappa shape index (κ3) is 4.53. The zero-order chi connectivity index (χ0) is 36.0. The van der Waals surface area contributed by atoms with Crippen LogP contribution in [0.2, 0.25) is 0 Å². The molecule has 0 amide bonds. The maximum absolute atomic E-state index is 6.39. The number of furan rings is 1. The molecule has 0 unspecified atom stereocenters. The highest BCUT2D eigenvalue weighted by Gasteiger charge is 2.35. The molecule has 11 rings (SSSR count). The summed E-state index contributed by atoms with van der Waals surface area (Å²) in [6.07, 6.45) is 0. The summed E-state index contributed by atoms with van der Waals surface area (Å²) >= 11 is 0. The van der Waals surface area contributed by atoms with Gasteiger partial charge in [-0.05, 0) is 57.3 Å². The lowest BCUT2D eigenvalue weighted by molar-refractivity contribution is 0.660. The van der Waals surface area contributed by atoms with Gasteiger partial charge in [0.25, 0.3) is 0 Å². The Bertz CT molecular complexity index is 3140. The highest BCUT2D eigenvalue weighted by molar-refractivity contribution is 6.18. The van der Waals surface area contributed by atoms with Crippen LogP contribution in [-0.4, -0.2) is 15.0 Å². The van der Waals surface area contributed by atoms with Crippen LogP contribution in [0, 0.1) is 0 Å². The van der Waals surface area contributed by atoms with Crippen molar-refractivity contribution in [3.05, 3.63) is 175 Å². The summed E-state index contributed by atoms with van der Waals surface area (Å²) in [6, 6.07) is 57.6. The maximum atomic E-state index is 6.39. The molecule has 3 heterocycles. The Labute approximate surface area is 312 Å². The van der Waals surface area contributed by atoms with Gasteiger partial charge in [0.15, 0.2) is 11.4 Å². The third-order valence-electron chi connectivity index (χ3n) is 11.3. The number of fused-ring (bicyclic) bond motifs is 9. The molecule has 3 aromatic heterocycles. The lowest BCUT2D eigenvalue weighted by Gasteiger charge is -2.22. The fourth-order valence-electron chi connectivity index (χ4n) is 8.63. The zero-order valence-electron chi connectivity index (χ0n) is 29.8. The minimum atomic E-state index is -0.115. The second-order valence-electron chi connectivity index (χ2n) is 14.7. The van der Waals surface area contributed by atoms with Crippen LogP contribution < -0.4 is 0 Å². The molecule has 7 aromatic carbocycles. The van der Waals surface area contributed by atoms with Crippen LogP contribution in [0.25, 0.3) is 99.9 Å². The number of rotatable bonds is 4. The average Bonchev–Trinajstić information content (AvgIpc) is 3.72. The van der Waals surface area contributed by atoms with Gasteiger partial charge in [-0.15, -0.1) is 0 Å². The topological polar surface area (TPSA) is 51.8 Å². The highest BCUT2D eigenvalue weighted by atomic mass is 16.3. The van der Waals surface area contributed by atoms with Crippen molar-refractivity contribution in [2.45, 2.75) is 19.3 Å². The summed E-state index contributed by atoms with van der Waals surface area (Å²) < 4.78 is 6.39. The van der Waals surface area contributed by atoms with Crippen LogP contribution in [-0.2, 0) is 5.41 Å². The Kier molecular flexibility index (Phi) is 6.56. The van der Waals surface area contributed by atoms with Gasteiger partial charge in [-0.2, -0.15) is 0 Å². The Morgan fingerprint density at radius 2 is 1.04 bits per heavy atom. The first-order chi connectivity index (χ1) is 26.5. The molecule has 10 aromatic rings. The van der Waals surface area contributed by atoms with E-state index in [-0.39, 0.29) is 5.41 Å². The van der Waals surface area contributed by atoms with E-state index in [9.17, 15) is 0 Å². The minimum absolute atomic E-state index is 0.115. The molecule has 1 aliphatic carbocycles. The van der Waals surface area contributed by atoms with Gasteiger partial charge in [-0.1, -0.05) is 153 Å². The maximum Gasteiger partial charge on any atom is 0.161 e. The van der Waals surface area contributed by atoms with E-state index in [2.05, 4.69) is 141 Å². The molecule has 0 radical (unpaired) electrons. The first-order valence-electron chi connectivity index (χ1n) is 18.4. The van der Waals surface area contributed by atoms with E-state index in [4.69, 9.17) is 19.4 Å². The summed E-state index contributed by atoms with van der Waals surface area (Å²) in [6.45, 7) is 4.64. The Morgan fingerprint density at radius 3 is 1.87 bits per heavy atom. The minimum Gasteiger partial charge on any atom is -0.454 e. The van der Waals surface area contributed by atoms with E-state index >= 15 is 0 Å². The van der Waals surface area contributed by atoms with Crippen LogP contribution in [0.5, 0.6) is 0 Å². The van der Waals surface area contributed by atoms with Crippen LogP contribution in [0.1, 0.15) is 25.0 Å². The smallest absolute Gasteiger partial charge is 0.161 e. The molecule has 54 heavy (non-hydrogen) atoms. The van der Waals surface area contributed by atoms with Gasteiger partial charge in [0.2, 0.25) is 0 Å². The Balaban J connectivity index is 1.12. The predicted octanol–water partition coefficient (Wildman–Crippen LogP) is 13.1. The summed E-state index contributed by atoms with van der Waals surface area (Å²) in [4.78, 5) is 15.8. The number of para-hydroxylation sites is 1. The van der Waals surface area contributed by atoms with Crippen molar-refractivity contribution in [1.82, 2.24) is 15.0 Å². The zero-order valence-corrected chi connectivity index (χ0v) is 29.8. The predicted molar refractivity (Wildman–Crippen MR) is 221 cm³/mol. The van der Waals surface area contributed by atoms with Crippen molar-refractivity contribution in [2.24, 2.45) is 0 Å². The van der Waals surface area contributed by atoms with Gasteiger partial charge >= 0.3 is 0 Å². The molecule has 0 bridgehead atoms. The van der Waals surface area contributed by atoms with Crippen molar-refractivity contribution in [3.63, 3.8) is 0 Å². The molecule has 4 heteroatoms. The monoisotopic (exact) mass is 691 g/mol. The molecule has 0 saturated carbocycles. The highest BCUT2D eigenvalue weighted by Crippen LogP contribution is 2.50. The van der Waals surface area contributed by atoms with Gasteiger partial charge in [0, 0.05) is 43.8 Å². The fourth-order valence-corrected chi connectivity index (χ4v) is 8.63. The van der Waals surface area contributed by atoms with Crippen LogP contribution in [0.3, 0.4) is 0 Å². The number of aromatic nitrogens is 3. The van der Waals surface area contributed by atoms with Crippen molar-refractivity contribution in [3.8, 4) is 56.3 Å². The normalized spacial score (nSPS) is 13.1. The third-order valence-corrected chi connectivity index (χ3v) is 11.3. The SMILES string of the molecule is CC1(C)c2ccccc2-c2ccc(-c3cc(-c4ccc(-c5nc6c7ccccc7oc6c6ccccc56)c5ccccc45)nc(-c4ccccc4)n3)cc21. The lowest BCUT2D eigenvalue weighted by atomic mass is 9.82. The summed E-state index contributed by atoms with van der Waals surface area (Å²) in [5.74, 6) is 0.698. The van der Waals surface area contributed by atoms with Crippen molar-refractivity contribution in [1.29, 1.82) is 0 Å². The molecule has 254 valence electrons. The number of nitrogens with zero attached hydrogens (tertiary/aromatic N) is 3. The van der Waals surface area contributed by atoms with E-state index in [0.717, 1.165) is 82.9 Å². The number of hydrogen-bond donors (Lipinski definition) is 0. The standard InChI is InChI=1S/C50H33N3O/c1-50(2)41-22-12-10-18-34(41)35-25-24-31(28-42(35)50)43-29-44(52-49(51-43)30-14-4-3-5-15-30)36-26-27-38(33-17-7-6-16-32(33)36)46-37-19-8-9-20-39(37)48-47(53-46)40-21-11-13-23-45(40)54-48/h3-29H,1-2H3. The van der Waals surface area contributed by atoms with Crippen molar-refractivity contribution in [2.75, 3.05) is 0 Å². The summed E-state index contributed by atoms with van der Waals surface area (Å²) in [5.41, 5.74) is 14.6. The van der Waals surface area contributed by atoms with Crippen LogP contribution in [0.15, 0.2) is 168 Å². The second kappa shape index (κ2) is 11.5. The molecule has 0 fully saturated rings. The molecule has 0 N–H and O–H groups in total. The summed E-state index contributed by atoms with van der Waals surface area (Å²) in [7, 11) is 0. The molecule has 0 atom stereocenters.